The summed E-state index contributed by atoms with van der Waals surface area (Å²) in [7, 11) is 1.76. The van der Waals surface area contributed by atoms with Gasteiger partial charge in [0.1, 0.15) is 12.2 Å². The highest BCUT2D eigenvalue weighted by atomic mass is 16.5. The van der Waals surface area contributed by atoms with E-state index in [2.05, 4.69) is 5.10 Å². The summed E-state index contributed by atoms with van der Waals surface area (Å²) in [5.74, 6) is 0.378. The van der Waals surface area contributed by atoms with E-state index in [0.717, 1.165) is 0 Å². The number of hydrogen-bond acceptors (Lipinski definition) is 3. The Balaban J connectivity index is 2.52. The van der Waals surface area contributed by atoms with Crippen molar-refractivity contribution in [1.82, 2.24) is 9.78 Å². The maximum absolute atomic E-state index is 11.3. The molecule has 2 rings (SSSR count). The highest BCUT2D eigenvalue weighted by Crippen LogP contribution is 2.18. The van der Waals surface area contributed by atoms with Crippen LogP contribution in [0.5, 0.6) is 5.88 Å². The van der Waals surface area contributed by atoms with Crippen LogP contribution < -0.4 is 4.74 Å². The third-order valence-electron chi connectivity index (χ3n) is 1.65. The molecule has 0 saturated heterocycles. The van der Waals surface area contributed by atoms with E-state index in [4.69, 9.17) is 4.74 Å². The lowest BCUT2D eigenvalue weighted by atomic mass is 10.2. The molecule has 0 saturated carbocycles. The number of hydrogen-bond donors (Lipinski definition) is 0. The molecule has 0 spiro atoms. The third-order valence-corrected chi connectivity index (χ3v) is 1.65. The van der Waals surface area contributed by atoms with Crippen LogP contribution in [0, 0.1) is 0 Å². The van der Waals surface area contributed by atoms with E-state index >= 15 is 0 Å². The summed E-state index contributed by atoms with van der Waals surface area (Å²) in [4.78, 5) is 11.3. The van der Waals surface area contributed by atoms with Gasteiger partial charge in [-0.1, -0.05) is 0 Å². The van der Waals surface area contributed by atoms with Gasteiger partial charge in [-0.15, -0.1) is 5.10 Å². The lowest BCUT2D eigenvalue weighted by Crippen LogP contribution is -1.95. The summed E-state index contributed by atoms with van der Waals surface area (Å²) < 4.78 is 6.77. The zero-order valence-corrected chi connectivity index (χ0v) is 6.65. The number of carbonyl (C=O) groups excluding carboxylic acids is 1. The fourth-order valence-corrected chi connectivity index (χ4v) is 1.12. The Morgan fingerprint density at radius 2 is 2.50 bits per heavy atom. The van der Waals surface area contributed by atoms with Gasteiger partial charge < -0.3 is 4.74 Å². The minimum Gasteiger partial charge on any atom is -0.472 e. The molecular formula is C8H8N2O2. The summed E-state index contributed by atoms with van der Waals surface area (Å²) in [5, 5.41) is 4.00. The Hall–Kier alpha value is -1.58. The first-order valence-electron chi connectivity index (χ1n) is 3.64. The Morgan fingerprint density at radius 1 is 1.67 bits per heavy atom. The maximum Gasteiger partial charge on any atom is 0.244 e. The summed E-state index contributed by atoms with van der Waals surface area (Å²) in [6, 6.07) is 0. The van der Waals surface area contributed by atoms with Gasteiger partial charge in [0.25, 0.3) is 0 Å². The molecule has 1 aliphatic rings. The zero-order valence-electron chi connectivity index (χ0n) is 6.65. The van der Waals surface area contributed by atoms with Gasteiger partial charge in [0.15, 0.2) is 5.78 Å². The summed E-state index contributed by atoms with van der Waals surface area (Å²) in [5.41, 5.74) is 0.534. The van der Waals surface area contributed by atoms with Gasteiger partial charge in [0, 0.05) is 13.2 Å². The van der Waals surface area contributed by atoms with Gasteiger partial charge in [-0.2, -0.15) is 0 Å². The standard InChI is InChI=1S/C8H8N2O2/c1-10-5-6-7(11)3-2-4-12-8(6)9-10/h2-3,5H,4H2,1H3. The van der Waals surface area contributed by atoms with Crippen molar-refractivity contribution < 1.29 is 9.53 Å². The average molecular weight is 164 g/mol. The fraction of sp³-hybridized carbons (Fsp3) is 0.250. The van der Waals surface area contributed by atoms with E-state index in [1.54, 1.807) is 24.0 Å². The molecule has 1 aliphatic heterocycles. The predicted octanol–water partition coefficient (Wildman–Crippen LogP) is 0.551. The molecule has 0 radical (unpaired) electrons. The smallest absolute Gasteiger partial charge is 0.244 e. The van der Waals surface area contributed by atoms with Gasteiger partial charge in [-0.25, -0.2) is 0 Å². The van der Waals surface area contributed by atoms with Crippen LogP contribution in [0.3, 0.4) is 0 Å². The number of aromatic nitrogens is 2. The lowest BCUT2D eigenvalue weighted by Gasteiger charge is -1.95. The van der Waals surface area contributed by atoms with Crippen LogP contribution in [0.4, 0.5) is 0 Å². The number of nitrogens with zero attached hydrogens (tertiary/aromatic N) is 2. The van der Waals surface area contributed by atoms with E-state index in [1.807, 2.05) is 0 Å². The molecule has 0 aromatic carbocycles. The number of aryl methyl sites for hydroxylation is 1. The van der Waals surface area contributed by atoms with E-state index in [9.17, 15) is 4.79 Å². The van der Waals surface area contributed by atoms with Gasteiger partial charge in [-0.05, 0) is 12.2 Å². The largest absolute Gasteiger partial charge is 0.472 e. The predicted molar refractivity (Wildman–Crippen MR) is 42.2 cm³/mol. The molecule has 0 bridgehead atoms. The molecule has 0 amide bonds. The van der Waals surface area contributed by atoms with Crippen LogP contribution in [-0.4, -0.2) is 22.2 Å². The second kappa shape index (κ2) is 2.48. The van der Waals surface area contributed by atoms with Crippen LogP contribution in [0.1, 0.15) is 10.4 Å². The van der Waals surface area contributed by atoms with Crippen LogP contribution in [0.2, 0.25) is 0 Å². The van der Waals surface area contributed by atoms with Crippen LogP contribution in [0.15, 0.2) is 18.3 Å². The van der Waals surface area contributed by atoms with Crippen molar-refractivity contribution in [1.29, 1.82) is 0 Å². The number of ether oxygens (including phenoxy) is 1. The van der Waals surface area contributed by atoms with E-state index < -0.39 is 0 Å². The number of carbonyl (C=O) groups is 1. The van der Waals surface area contributed by atoms with Gasteiger partial charge in [0.05, 0.1) is 0 Å². The normalized spacial score (nSPS) is 15.2. The molecule has 62 valence electrons. The number of fused-ring (bicyclic) bond motifs is 1. The van der Waals surface area contributed by atoms with Crippen LogP contribution in [0.25, 0.3) is 0 Å². The molecular weight excluding hydrogens is 156 g/mol. The monoisotopic (exact) mass is 164 g/mol. The van der Waals surface area contributed by atoms with E-state index in [1.165, 1.54) is 6.08 Å². The minimum absolute atomic E-state index is 0.0457. The zero-order chi connectivity index (χ0) is 8.55. The maximum atomic E-state index is 11.3. The second-order valence-corrected chi connectivity index (χ2v) is 2.60. The lowest BCUT2D eigenvalue weighted by molar-refractivity contribution is 0.104. The minimum atomic E-state index is -0.0457. The van der Waals surface area contributed by atoms with Crippen molar-refractivity contribution in [3.05, 3.63) is 23.9 Å². The topological polar surface area (TPSA) is 44.1 Å². The molecule has 0 aliphatic carbocycles. The summed E-state index contributed by atoms with van der Waals surface area (Å²) in [6.07, 6.45) is 4.85. The summed E-state index contributed by atoms with van der Waals surface area (Å²) in [6.45, 7) is 0.412. The third kappa shape index (κ3) is 1.01. The highest BCUT2D eigenvalue weighted by Gasteiger charge is 2.16. The molecule has 0 fully saturated rings. The van der Waals surface area contributed by atoms with Crippen molar-refractivity contribution in [3.8, 4) is 5.88 Å². The molecule has 0 unspecified atom stereocenters. The second-order valence-electron chi connectivity index (χ2n) is 2.60. The van der Waals surface area contributed by atoms with E-state index in [0.29, 0.717) is 18.1 Å². The Labute approximate surface area is 69.4 Å². The Morgan fingerprint density at radius 3 is 3.33 bits per heavy atom. The number of rotatable bonds is 0. The van der Waals surface area contributed by atoms with Gasteiger partial charge >= 0.3 is 0 Å². The van der Waals surface area contributed by atoms with Crippen molar-refractivity contribution >= 4 is 5.78 Å². The van der Waals surface area contributed by atoms with Gasteiger partial charge in [-0.3, -0.25) is 9.48 Å². The average Bonchev–Trinajstić information content (AvgIpc) is 2.33. The quantitative estimate of drug-likeness (QED) is 0.562. The molecule has 1 aromatic rings. The Kier molecular flexibility index (Phi) is 1.46. The first-order chi connectivity index (χ1) is 5.77. The van der Waals surface area contributed by atoms with Gasteiger partial charge in [0.2, 0.25) is 5.88 Å². The van der Waals surface area contributed by atoms with Crippen molar-refractivity contribution in [2.24, 2.45) is 7.05 Å². The van der Waals surface area contributed by atoms with Crippen molar-refractivity contribution in [2.75, 3.05) is 6.61 Å². The molecule has 4 nitrogen and oxygen atoms in total. The van der Waals surface area contributed by atoms with Crippen molar-refractivity contribution in [3.63, 3.8) is 0 Å². The molecule has 4 heteroatoms. The molecule has 2 heterocycles. The summed E-state index contributed by atoms with van der Waals surface area (Å²) >= 11 is 0. The van der Waals surface area contributed by atoms with E-state index in [-0.39, 0.29) is 5.78 Å². The molecule has 12 heavy (non-hydrogen) atoms. The Bertz CT molecular complexity index is 352. The fourth-order valence-electron chi connectivity index (χ4n) is 1.12. The molecule has 0 atom stereocenters. The molecule has 0 N–H and O–H groups in total. The van der Waals surface area contributed by atoms with Crippen LogP contribution >= 0.6 is 0 Å². The van der Waals surface area contributed by atoms with Crippen LogP contribution in [-0.2, 0) is 7.05 Å². The number of allylic oxidation sites excluding steroid dienone is 1. The SMILES string of the molecule is Cn1cc2c(n1)OCC=CC2=O. The highest BCUT2D eigenvalue weighted by molar-refractivity contribution is 6.06. The van der Waals surface area contributed by atoms with Crippen molar-refractivity contribution in [2.45, 2.75) is 0 Å². The first kappa shape index (κ1) is 7.09. The number of ketones is 1. The first-order valence-corrected chi connectivity index (χ1v) is 3.64. The molecule has 1 aromatic heterocycles.